The second kappa shape index (κ2) is 5.72. The first-order valence-electron chi connectivity index (χ1n) is 8.98. The van der Waals surface area contributed by atoms with Crippen molar-refractivity contribution in [2.75, 3.05) is 6.54 Å². The van der Waals surface area contributed by atoms with Crippen LogP contribution in [-0.2, 0) is 6.42 Å². The van der Waals surface area contributed by atoms with Gasteiger partial charge in [0.15, 0.2) is 0 Å². The highest BCUT2D eigenvalue weighted by Gasteiger charge is 2.39. The van der Waals surface area contributed by atoms with Crippen LogP contribution in [0, 0.1) is 17.8 Å². The van der Waals surface area contributed by atoms with E-state index in [9.17, 15) is 0 Å². The SMILES string of the molecule is CC1CCC(CNC2CC2)C(C2CCc3cccnc32)C1. The second-order valence-electron chi connectivity index (χ2n) is 7.72. The third-order valence-electron chi connectivity index (χ3n) is 6.08. The monoisotopic (exact) mass is 284 g/mol. The predicted molar refractivity (Wildman–Crippen MR) is 86.3 cm³/mol. The summed E-state index contributed by atoms with van der Waals surface area (Å²) in [7, 11) is 0. The molecule has 1 aromatic rings. The van der Waals surface area contributed by atoms with Crippen molar-refractivity contribution in [3.8, 4) is 0 Å². The maximum absolute atomic E-state index is 4.76. The van der Waals surface area contributed by atoms with E-state index in [1.54, 1.807) is 0 Å². The molecule has 4 rings (SSSR count). The van der Waals surface area contributed by atoms with Gasteiger partial charge in [-0.05, 0) is 74.5 Å². The minimum atomic E-state index is 0.731. The molecule has 0 radical (unpaired) electrons. The number of pyridine rings is 1. The first-order valence-corrected chi connectivity index (χ1v) is 8.98. The lowest BCUT2D eigenvalue weighted by Gasteiger charge is -2.39. The largest absolute Gasteiger partial charge is 0.314 e. The van der Waals surface area contributed by atoms with Crippen molar-refractivity contribution in [3.63, 3.8) is 0 Å². The van der Waals surface area contributed by atoms with Gasteiger partial charge in [-0.3, -0.25) is 4.98 Å². The molecule has 3 aliphatic carbocycles. The summed E-state index contributed by atoms with van der Waals surface area (Å²) in [5, 5.41) is 3.80. The Labute approximate surface area is 128 Å². The van der Waals surface area contributed by atoms with Crippen LogP contribution in [0.4, 0.5) is 0 Å². The van der Waals surface area contributed by atoms with Gasteiger partial charge < -0.3 is 5.32 Å². The molecular formula is C19H28N2. The number of nitrogens with one attached hydrogen (secondary N) is 1. The standard InChI is InChI=1S/C19H28N2/c1-13-4-5-15(12-21-16-7-8-16)18(11-13)17-9-6-14-3-2-10-20-19(14)17/h2-3,10,13,15-18,21H,4-9,11-12H2,1H3. The smallest absolute Gasteiger partial charge is 0.0469 e. The first kappa shape index (κ1) is 13.8. The Morgan fingerprint density at radius 1 is 1.19 bits per heavy atom. The average Bonchev–Trinajstić information content (AvgIpc) is 3.23. The molecule has 2 heteroatoms. The van der Waals surface area contributed by atoms with Crippen molar-refractivity contribution in [2.24, 2.45) is 17.8 Å². The number of hydrogen-bond donors (Lipinski definition) is 1. The van der Waals surface area contributed by atoms with Gasteiger partial charge in [0.05, 0.1) is 0 Å². The minimum absolute atomic E-state index is 0.731. The van der Waals surface area contributed by atoms with Gasteiger partial charge in [-0.15, -0.1) is 0 Å². The molecule has 1 heterocycles. The summed E-state index contributed by atoms with van der Waals surface area (Å²) in [6.07, 6.45) is 11.7. The van der Waals surface area contributed by atoms with Gasteiger partial charge >= 0.3 is 0 Å². The lowest BCUT2D eigenvalue weighted by Crippen LogP contribution is -2.36. The molecule has 1 N–H and O–H groups in total. The Hall–Kier alpha value is -0.890. The zero-order valence-corrected chi connectivity index (χ0v) is 13.2. The number of rotatable bonds is 4. The van der Waals surface area contributed by atoms with Gasteiger partial charge in [0, 0.05) is 23.9 Å². The second-order valence-corrected chi connectivity index (χ2v) is 7.72. The van der Waals surface area contributed by atoms with Crippen molar-refractivity contribution in [3.05, 3.63) is 29.6 Å². The average molecular weight is 284 g/mol. The van der Waals surface area contributed by atoms with Crippen LogP contribution in [0.2, 0.25) is 0 Å². The highest BCUT2D eigenvalue weighted by Crippen LogP contribution is 2.47. The number of hydrogen-bond acceptors (Lipinski definition) is 2. The summed E-state index contributed by atoms with van der Waals surface area (Å²) in [6, 6.07) is 5.25. The van der Waals surface area contributed by atoms with Gasteiger partial charge in [0.2, 0.25) is 0 Å². The molecule has 2 fully saturated rings. The lowest BCUT2D eigenvalue weighted by atomic mass is 9.68. The third kappa shape index (κ3) is 2.88. The zero-order chi connectivity index (χ0) is 14.2. The Kier molecular flexibility index (Phi) is 3.74. The molecular weight excluding hydrogens is 256 g/mol. The van der Waals surface area contributed by atoms with Crippen LogP contribution >= 0.6 is 0 Å². The van der Waals surface area contributed by atoms with Crippen molar-refractivity contribution >= 4 is 0 Å². The fourth-order valence-corrected chi connectivity index (χ4v) is 4.70. The number of fused-ring (bicyclic) bond motifs is 1. The number of aromatic nitrogens is 1. The summed E-state index contributed by atoms with van der Waals surface area (Å²) in [6.45, 7) is 3.70. The molecule has 0 amide bonds. The van der Waals surface area contributed by atoms with E-state index in [0.29, 0.717) is 0 Å². The molecule has 0 bridgehead atoms. The van der Waals surface area contributed by atoms with Crippen molar-refractivity contribution in [1.82, 2.24) is 10.3 Å². The van der Waals surface area contributed by atoms with Gasteiger partial charge in [0.25, 0.3) is 0 Å². The fourth-order valence-electron chi connectivity index (χ4n) is 4.70. The van der Waals surface area contributed by atoms with Crippen LogP contribution in [-0.4, -0.2) is 17.6 Å². The summed E-state index contributed by atoms with van der Waals surface area (Å²) in [4.78, 5) is 4.76. The Balaban J connectivity index is 1.52. The normalized spacial score (nSPS) is 35.7. The predicted octanol–water partition coefficient (Wildman–Crippen LogP) is 3.92. The molecule has 2 saturated carbocycles. The highest BCUT2D eigenvalue weighted by molar-refractivity contribution is 5.29. The maximum Gasteiger partial charge on any atom is 0.0469 e. The van der Waals surface area contributed by atoms with E-state index in [1.165, 1.54) is 62.7 Å². The van der Waals surface area contributed by atoms with E-state index in [4.69, 9.17) is 4.98 Å². The molecule has 114 valence electrons. The van der Waals surface area contributed by atoms with E-state index in [-0.39, 0.29) is 0 Å². The quantitative estimate of drug-likeness (QED) is 0.906. The number of aryl methyl sites for hydroxylation is 1. The van der Waals surface area contributed by atoms with E-state index >= 15 is 0 Å². The molecule has 21 heavy (non-hydrogen) atoms. The maximum atomic E-state index is 4.76. The lowest BCUT2D eigenvalue weighted by molar-refractivity contribution is 0.154. The molecule has 1 aromatic heterocycles. The molecule has 3 aliphatic rings. The van der Waals surface area contributed by atoms with Gasteiger partial charge in [-0.25, -0.2) is 0 Å². The van der Waals surface area contributed by atoms with E-state index in [1.807, 2.05) is 6.20 Å². The van der Waals surface area contributed by atoms with Crippen LogP contribution in [0.25, 0.3) is 0 Å². The molecule has 4 unspecified atom stereocenters. The Bertz CT molecular complexity index is 494. The van der Waals surface area contributed by atoms with E-state index in [2.05, 4.69) is 24.4 Å². The van der Waals surface area contributed by atoms with Gasteiger partial charge in [-0.1, -0.05) is 19.4 Å². The van der Waals surface area contributed by atoms with Gasteiger partial charge in [0.1, 0.15) is 0 Å². The topological polar surface area (TPSA) is 24.9 Å². The summed E-state index contributed by atoms with van der Waals surface area (Å²) < 4.78 is 0. The van der Waals surface area contributed by atoms with Crippen molar-refractivity contribution in [1.29, 1.82) is 0 Å². The van der Waals surface area contributed by atoms with Crippen LogP contribution in [0.15, 0.2) is 18.3 Å². The molecule has 0 saturated heterocycles. The van der Waals surface area contributed by atoms with E-state index < -0.39 is 0 Å². The molecule has 0 aliphatic heterocycles. The van der Waals surface area contributed by atoms with Crippen LogP contribution in [0.5, 0.6) is 0 Å². The number of nitrogens with zero attached hydrogens (tertiary/aromatic N) is 1. The highest BCUT2D eigenvalue weighted by atomic mass is 14.9. The fraction of sp³-hybridized carbons (Fsp3) is 0.737. The molecule has 4 atom stereocenters. The van der Waals surface area contributed by atoms with Crippen LogP contribution < -0.4 is 5.32 Å². The minimum Gasteiger partial charge on any atom is -0.314 e. The zero-order valence-electron chi connectivity index (χ0n) is 13.2. The van der Waals surface area contributed by atoms with E-state index in [0.717, 1.165) is 29.7 Å². The van der Waals surface area contributed by atoms with Crippen molar-refractivity contribution < 1.29 is 0 Å². The Morgan fingerprint density at radius 3 is 2.95 bits per heavy atom. The van der Waals surface area contributed by atoms with Crippen molar-refractivity contribution in [2.45, 2.75) is 63.8 Å². The third-order valence-corrected chi connectivity index (χ3v) is 6.08. The Morgan fingerprint density at radius 2 is 2.10 bits per heavy atom. The first-order chi connectivity index (χ1) is 10.3. The molecule has 0 aromatic carbocycles. The summed E-state index contributed by atoms with van der Waals surface area (Å²) >= 11 is 0. The summed E-state index contributed by atoms with van der Waals surface area (Å²) in [5.41, 5.74) is 2.96. The van der Waals surface area contributed by atoms with Crippen LogP contribution in [0.3, 0.4) is 0 Å². The molecule has 0 spiro atoms. The van der Waals surface area contributed by atoms with Gasteiger partial charge in [-0.2, -0.15) is 0 Å². The summed E-state index contributed by atoms with van der Waals surface area (Å²) in [5.74, 6) is 3.37. The van der Waals surface area contributed by atoms with Crippen LogP contribution in [0.1, 0.15) is 62.6 Å². The molecule has 2 nitrogen and oxygen atoms in total.